The van der Waals surface area contributed by atoms with Gasteiger partial charge in [0.05, 0.1) is 15.6 Å². The van der Waals surface area contributed by atoms with Crippen LogP contribution < -0.4 is 10.6 Å². The molecule has 3 aromatic rings. The molecule has 2 N–H and O–H groups in total. The molecule has 0 aliphatic rings. The summed E-state index contributed by atoms with van der Waals surface area (Å²) in [5, 5.41) is 18.3. The SMILES string of the molecule is O=C(COC(=O)c1csc(NCc2ccccc2)n1)Nc1ccc([N+](=O)[O-])cc1Cl. The van der Waals surface area contributed by atoms with E-state index in [0.29, 0.717) is 11.7 Å². The Kier molecular flexibility index (Phi) is 6.94. The number of benzene rings is 2. The predicted molar refractivity (Wildman–Crippen MR) is 113 cm³/mol. The molecule has 11 heteroatoms. The number of nitrogens with zero attached hydrogens (tertiary/aromatic N) is 2. The lowest BCUT2D eigenvalue weighted by molar-refractivity contribution is -0.384. The van der Waals surface area contributed by atoms with Gasteiger partial charge in [-0.1, -0.05) is 41.9 Å². The fourth-order valence-electron chi connectivity index (χ4n) is 2.33. The maximum atomic E-state index is 12.1. The molecule has 1 aromatic heterocycles. The summed E-state index contributed by atoms with van der Waals surface area (Å²) in [6.45, 7) is -0.00228. The molecule has 0 bridgehead atoms. The number of aromatic nitrogens is 1. The van der Waals surface area contributed by atoms with Crippen molar-refractivity contribution in [3.05, 3.63) is 80.3 Å². The average molecular weight is 447 g/mol. The highest BCUT2D eigenvalue weighted by Crippen LogP contribution is 2.26. The zero-order chi connectivity index (χ0) is 21.5. The molecule has 9 nitrogen and oxygen atoms in total. The van der Waals surface area contributed by atoms with Crippen LogP contribution in [0.2, 0.25) is 5.02 Å². The minimum atomic E-state index is -0.746. The number of hydrogen-bond acceptors (Lipinski definition) is 8. The number of carbonyl (C=O) groups is 2. The first-order chi connectivity index (χ1) is 14.4. The molecule has 0 atom stereocenters. The molecule has 0 saturated heterocycles. The molecule has 30 heavy (non-hydrogen) atoms. The summed E-state index contributed by atoms with van der Waals surface area (Å²) in [5.74, 6) is -1.39. The number of esters is 1. The summed E-state index contributed by atoms with van der Waals surface area (Å²) in [6.07, 6.45) is 0. The summed E-state index contributed by atoms with van der Waals surface area (Å²) in [6, 6.07) is 13.3. The van der Waals surface area contributed by atoms with Crippen molar-refractivity contribution in [2.24, 2.45) is 0 Å². The van der Waals surface area contributed by atoms with Gasteiger partial charge in [0.1, 0.15) is 0 Å². The molecule has 154 valence electrons. The number of non-ortho nitro benzene ring substituents is 1. The molecular formula is C19H15ClN4O5S. The van der Waals surface area contributed by atoms with Crippen LogP contribution in [0.3, 0.4) is 0 Å². The van der Waals surface area contributed by atoms with Crippen molar-refractivity contribution < 1.29 is 19.2 Å². The monoisotopic (exact) mass is 446 g/mol. The van der Waals surface area contributed by atoms with Crippen molar-refractivity contribution >= 4 is 51.3 Å². The van der Waals surface area contributed by atoms with E-state index in [2.05, 4.69) is 15.6 Å². The number of hydrogen-bond donors (Lipinski definition) is 2. The summed E-state index contributed by atoms with van der Waals surface area (Å²) < 4.78 is 4.95. The first-order valence-corrected chi connectivity index (χ1v) is 9.82. The van der Waals surface area contributed by atoms with Crippen molar-refractivity contribution in [2.45, 2.75) is 6.54 Å². The molecule has 0 aliphatic carbocycles. The van der Waals surface area contributed by atoms with Gasteiger partial charge < -0.3 is 15.4 Å². The maximum Gasteiger partial charge on any atom is 0.358 e. The van der Waals surface area contributed by atoms with Gasteiger partial charge in [-0.15, -0.1) is 11.3 Å². The van der Waals surface area contributed by atoms with Gasteiger partial charge in [-0.3, -0.25) is 14.9 Å². The number of thiazole rings is 1. The van der Waals surface area contributed by atoms with Gasteiger partial charge in [-0.25, -0.2) is 9.78 Å². The van der Waals surface area contributed by atoms with Crippen LogP contribution in [0, 0.1) is 10.1 Å². The molecule has 0 fully saturated rings. The van der Waals surface area contributed by atoms with Crippen LogP contribution in [0.4, 0.5) is 16.5 Å². The maximum absolute atomic E-state index is 12.1. The fraction of sp³-hybridized carbons (Fsp3) is 0.105. The van der Waals surface area contributed by atoms with Crippen LogP contribution in [0.15, 0.2) is 53.9 Å². The van der Waals surface area contributed by atoms with E-state index in [1.807, 2.05) is 30.3 Å². The second-order valence-electron chi connectivity index (χ2n) is 5.92. The molecule has 1 amide bonds. The van der Waals surface area contributed by atoms with Crippen molar-refractivity contribution in [1.29, 1.82) is 0 Å². The highest BCUT2D eigenvalue weighted by Gasteiger charge is 2.16. The number of rotatable bonds is 8. The van der Waals surface area contributed by atoms with Crippen molar-refractivity contribution in [3.63, 3.8) is 0 Å². The smallest absolute Gasteiger partial charge is 0.358 e. The molecule has 0 saturated carbocycles. The van der Waals surface area contributed by atoms with E-state index in [1.54, 1.807) is 0 Å². The number of nitro benzene ring substituents is 1. The van der Waals surface area contributed by atoms with E-state index in [4.69, 9.17) is 16.3 Å². The number of halogens is 1. The summed E-state index contributed by atoms with van der Waals surface area (Å²) in [5.41, 5.74) is 1.11. The number of ether oxygens (including phenoxy) is 1. The van der Waals surface area contributed by atoms with Crippen molar-refractivity contribution in [3.8, 4) is 0 Å². The Morgan fingerprint density at radius 1 is 1.20 bits per heavy atom. The molecule has 0 radical (unpaired) electrons. The third kappa shape index (κ3) is 5.75. The largest absolute Gasteiger partial charge is 0.451 e. The fourth-order valence-corrected chi connectivity index (χ4v) is 3.23. The van der Waals surface area contributed by atoms with Gasteiger partial charge in [0.25, 0.3) is 11.6 Å². The van der Waals surface area contributed by atoms with Crippen LogP contribution in [0.5, 0.6) is 0 Å². The highest BCUT2D eigenvalue weighted by molar-refractivity contribution is 7.13. The number of nitrogens with one attached hydrogen (secondary N) is 2. The van der Waals surface area contributed by atoms with E-state index < -0.39 is 23.4 Å². The summed E-state index contributed by atoms with van der Waals surface area (Å²) in [7, 11) is 0. The Balaban J connectivity index is 1.49. The van der Waals surface area contributed by atoms with E-state index in [9.17, 15) is 19.7 Å². The average Bonchev–Trinajstić information content (AvgIpc) is 3.22. The lowest BCUT2D eigenvalue weighted by Crippen LogP contribution is -2.21. The van der Waals surface area contributed by atoms with Crippen LogP contribution in [0.25, 0.3) is 0 Å². The van der Waals surface area contributed by atoms with Gasteiger partial charge >= 0.3 is 5.97 Å². The minimum absolute atomic E-state index is 0.00231. The lowest BCUT2D eigenvalue weighted by Gasteiger charge is -2.07. The first kappa shape index (κ1) is 21.2. The molecule has 2 aromatic carbocycles. The van der Waals surface area contributed by atoms with E-state index in [1.165, 1.54) is 28.8 Å². The Bertz CT molecular complexity index is 1070. The Labute approximate surface area is 179 Å². The number of amides is 1. The normalized spacial score (nSPS) is 10.3. The minimum Gasteiger partial charge on any atom is -0.451 e. The van der Waals surface area contributed by atoms with Crippen LogP contribution >= 0.6 is 22.9 Å². The van der Waals surface area contributed by atoms with Gasteiger partial charge in [-0.05, 0) is 11.6 Å². The number of nitro groups is 1. The van der Waals surface area contributed by atoms with Gasteiger partial charge in [0, 0.05) is 24.1 Å². The quantitative estimate of drug-likeness (QED) is 0.303. The van der Waals surface area contributed by atoms with Crippen LogP contribution in [-0.2, 0) is 16.1 Å². The molecule has 0 unspecified atom stereocenters. The number of anilines is 2. The molecule has 3 rings (SSSR count). The number of carbonyl (C=O) groups excluding carboxylic acids is 2. The van der Waals surface area contributed by atoms with Crippen molar-refractivity contribution in [1.82, 2.24) is 4.98 Å². The second-order valence-corrected chi connectivity index (χ2v) is 7.19. The standard InChI is InChI=1S/C19H15ClN4O5S/c20-14-8-13(24(27)28)6-7-15(14)22-17(25)10-29-18(26)16-11-30-19(23-16)21-9-12-4-2-1-3-5-12/h1-8,11H,9-10H2,(H,21,23)(H,22,25). The molecule has 0 spiro atoms. The van der Waals surface area contributed by atoms with Crippen LogP contribution in [-0.4, -0.2) is 28.4 Å². The van der Waals surface area contributed by atoms with Gasteiger partial charge in [0.15, 0.2) is 17.4 Å². The van der Waals surface area contributed by atoms with Crippen LogP contribution in [0.1, 0.15) is 16.1 Å². The Morgan fingerprint density at radius 3 is 2.67 bits per heavy atom. The zero-order valence-electron chi connectivity index (χ0n) is 15.3. The first-order valence-electron chi connectivity index (χ1n) is 8.56. The van der Waals surface area contributed by atoms with Gasteiger partial charge in [0.2, 0.25) is 0 Å². The third-order valence-electron chi connectivity index (χ3n) is 3.77. The Hall–Kier alpha value is -3.50. The third-order valence-corrected chi connectivity index (χ3v) is 4.88. The van der Waals surface area contributed by atoms with E-state index in [-0.39, 0.29) is 22.1 Å². The summed E-state index contributed by atoms with van der Waals surface area (Å²) in [4.78, 5) is 38.3. The van der Waals surface area contributed by atoms with Crippen molar-refractivity contribution in [2.75, 3.05) is 17.2 Å². The van der Waals surface area contributed by atoms with E-state index >= 15 is 0 Å². The van der Waals surface area contributed by atoms with E-state index in [0.717, 1.165) is 11.6 Å². The second kappa shape index (κ2) is 9.81. The Morgan fingerprint density at radius 2 is 1.97 bits per heavy atom. The predicted octanol–water partition coefficient (Wildman–Crippen LogP) is 4.11. The molecule has 0 aliphatic heterocycles. The molecular weight excluding hydrogens is 432 g/mol. The summed E-state index contributed by atoms with van der Waals surface area (Å²) >= 11 is 7.15. The topological polar surface area (TPSA) is 123 Å². The highest BCUT2D eigenvalue weighted by atomic mass is 35.5. The van der Waals surface area contributed by atoms with Gasteiger partial charge in [-0.2, -0.15) is 0 Å². The lowest BCUT2D eigenvalue weighted by atomic mass is 10.2. The zero-order valence-corrected chi connectivity index (χ0v) is 16.9. The molecule has 1 heterocycles.